The fourth-order valence-electron chi connectivity index (χ4n) is 5.22. The Morgan fingerprint density at radius 2 is 1.58 bits per heavy atom. The van der Waals surface area contributed by atoms with Gasteiger partial charge in [-0.1, -0.05) is 48.5 Å². The predicted octanol–water partition coefficient (Wildman–Crippen LogP) is 4.40. The van der Waals surface area contributed by atoms with E-state index in [1.165, 1.54) is 0 Å². The van der Waals surface area contributed by atoms with Crippen LogP contribution in [-0.4, -0.2) is 48.1 Å². The summed E-state index contributed by atoms with van der Waals surface area (Å²) in [6, 6.07) is 22.8. The summed E-state index contributed by atoms with van der Waals surface area (Å²) in [5.41, 5.74) is 1.86. The Labute approximate surface area is 221 Å². The zero-order valence-corrected chi connectivity index (χ0v) is 22.0. The van der Waals surface area contributed by atoms with E-state index in [2.05, 4.69) is 5.32 Å². The summed E-state index contributed by atoms with van der Waals surface area (Å²) >= 11 is 0. The molecule has 0 unspecified atom stereocenters. The number of nitrogens with one attached hydrogen (secondary N) is 1. The van der Waals surface area contributed by atoms with Gasteiger partial charge in [0.25, 0.3) is 5.91 Å². The second kappa shape index (κ2) is 10.1. The van der Waals surface area contributed by atoms with Crippen molar-refractivity contribution >= 4 is 22.7 Å². The molecule has 196 valence electrons. The number of hydrogen-bond donors (Lipinski definition) is 1. The summed E-state index contributed by atoms with van der Waals surface area (Å²) in [4.78, 5) is 29.7. The summed E-state index contributed by atoms with van der Waals surface area (Å²) in [6.07, 6.45) is 0. The van der Waals surface area contributed by atoms with Gasteiger partial charge in [0, 0.05) is 28.6 Å². The standard InChI is InChI=1S/C30H31N3O5/c1-30(29(35)31-17-21-11-6-8-14-25(21)36-2)19-32-23-13-7-5-10-20(23)16-24(32)28(34)33(30)18-22-12-9-15-26(37-3)27(22)38-4/h5-16H,17-19H2,1-4H3,(H,31,35)/t30-/m0/s1. The fraction of sp³-hybridized carbons (Fsp3) is 0.267. The number of ether oxygens (including phenoxy) is 3. The first-order chi connectivity index (χ1) is 18.4. The highest BCUT2D eigenvalue weighted by molar-refractivity contribution is 6.03. The molecule has 1 N–H and O–H groups in total. The lowest BCUT2D eigenvalue weighted by molar-refractivity contribution is -0.133. The number of benzene rings is 3. The van der Waals surface area contributed by atoms with Crippen molar-refractivity contribution in [1.82, 2.24) is 14.8 Å². The van der Waals surface area contributed by atoms with E-state index in [9.17, 15) is 9.59 Å². The van der Waals surface area contributed by atoms with Crippen molar-refractivity contribution in [1.29, 1.82) is 0 Å². The Hall–Kier alpha value is -4.46. The van der Waals surface area contributed by atoms with Gasteiger partial charge in [-0.15, -0.1) is 0 Å². The third-order valence-corrected chi connectivity index (χ3v) is 7.27. The first kappa shape index (κ1) is 25.2. The summed E-state index contributed by atoms with van der Waals surface area (Å²) < 4.78 is 18.5. The molecule has 8 nitrogen and oxygen atoms in total. The highest BCUT2D eigenvalue weighted by atomic mass is 16.5. The van der Waals surface area contributed by atoms with E-state index in [1.54, 1.807) is 32.3 Å². The van der Waals surface area contributed by atoms with E-state index in [0.29, 0.717) is 29.5 Å². The van der Waals surface area contributed by atoms with Crippen LogP contribution in [0.2, 0.25) is 0 Å². The minimum atomic E-state index is -1.19. The average molecular weight is 514 g/mol. The van der Waals surface area contributed by atoms with Crippen molar-refractivity contribution in [2.24, 2.45) is 0 Å². The molecular formula is C30H31N3O5. The van der Waals surface area contributed by atoms with Gasteiger partial charge < -0.3 is 29.0 Å². The van der Waals surface area contributed by atoms with Gasteiger partial charge in [-0.2, -0.15) is 0 Å². The molecule has 8 heteroatoms. The fourth-order valence-corrected chi connectivity index (χ4v) is 5.22. The summed E-state index contributed by atoms with van der Waals surface area (Å²) in [5, 5.41) is 4.01. The Bertz CT molecular complexity index is 1510. The molecule has 38 heavy (non-hydrogen) atoms. The van der Waals surface area contributed by atoms with Gasteiger partial charge in [-0.25, -0.2) is 0 Å². The molecule has 0 bridgehead atoms. The first-order valence-corrected chi connectivity index (χ1v) is 12.4. The molecule has 0 saturated carbocycles. The summed E-state index contributed by atoms with van der Waals surface area (Å²) in [6.45, 7) is 2.54. The van der Waals surface area contributed by atoms with Crippen LogP contribution in [0.5, 0.6) is 17.2 Å². The number of methoxy groups -OCH3 is 3. The molecule has 2 amide bonds. The Kier molecular flexibility index (Phi) is 6.72. The zero-order valence-electron chi connectivity index (χ0n) is 22.0. The quantitative estimate of drug-likeness (QED) is 0.378. The van der Waals surface area contributed by atoms with Crippen LogP contribution in [-0.2, 0) is 24.4 Å². The van der Waals surface area contributed by atoms with E-state index in [0.717, 1.165) is 22.0 Å². The highest BCUT2D eigenvalue weighted by Crippen LogP contribution is 2.37. The van der Waals surface area contributed by atoms with Crippen molar-refractivity contribution < 1.29 is 23.8 Å². The molecule has 2 heterocycles. The number of amides is 2. The molecular weight excluding hydrogens is 482 g/mol. The zero-order chi connectivity index (χ0) is 26.9. The van der Waals surface area contributed by atoms with Crippen LogP contribution in [0.3, 0.4) is 0 Å². The number of fused-ring (bicyclic) bond motifs is 3. The maximum atomic E-state index is 14.1. The molecule has 4 aromatic rings. The highest BCUT2D eigenvalue weighted by Gasteiger charge is 2.48. The van der Waals surface area contributed by atoms with Gasteiger partial charge in [0.1, 0.15) is 17.0 Å². The minimum Gasteiger partial charge on any atom is -0.496 e. The van der Waals surface area contributed by atoms with Crippen LogP contribution in [0.4, 0.5) is 0 Å². The lowest BCUT2D eigenvalue weighted by atomic mass is 9.93. The number of nitrogens with zero attached hydrogens (tertiary/aromatic N) is 2. The predicted molar refractivity (Wildman–Crippen MR) is 145 cm³/mol. The largest absolute Gasteiger partial charge is 0.496 e. The van der Waals surface area contributed by atoms with E-state index in [1.807, 2.05) is 78.2 Å². The second-order valence-corrected chi connectivity index (χ2v) is 9.49. The molecule has 0 spiro atoms. The Balaban J connectivity index is 1.56. The van der Waals surface area contributed by atoms with Crippen LogP contribution >= 0.6 is 0 Å². The second-order valence-electron chi connectivity index (χ2n) is 9.49. The van der Waals surface area contributed by atoms with Crippen LogP contribution in [0.1, 0.15) is 28.5 Å². The molecule has 1 aliphatic heterocycles. The lowest BCUT2D eigenvalue weighted by Crippen LogP contribution is -2.63. The first-order valence-electron chi connectivity index (χ1n) is 12.4. The molecule has 0 radical (unpaired) electrons. The molecule has 5 rings (SSSR count). The average Bonchev–Trinajstić information content (AvgIpc) is 3.32. The molecule has 0 fully saturated rings. The van der Waals surface area contributed by atoms with E-state index < -0.39 is 5.54 Å². The summed E-state index contributed by atoms with van der Waals surface area (Å²) in [7, 11) is 4.74. The maximum Gasteiger partial charge on any atom is 0.271 e. The van der Waals surface area contributed by atoms with Gasteiger partial charge in [0.15, 0.2) is 11.5 Å². The maximum absolute atomic E-state index is 14.1. The lowest BCUT2D eigenvalue weighted by Gasteiger charge is -2.44. The molecule has 1 atom stereocenters. The molecule has 1 aromatic heterocycles. The van der Waals surface area contributed by atoms with Crippen molar-refractivity contribution in [3.8, 4) is 17.2 Å². The Morgan fingerprint density at radius 1 is 0.895 bits per heavy atom. The smallest absolute Gasteiger partial charge is 0.271 e. The topological polar surface area (TPSA) is 82.0 Å². The third kappa shape index (κ3) is 4.22. The van der Waals surface area contributed by atoms with Crippen LogP contribution in [0.25, 0.3) is 10.9 Å². The van der Waals surface area contributed by atoms with Crippen molar-refractivity contribution in [2.45, 2.75) is 32.1 Å². The molecule has 0 saturated heterocycles. The normalized spacial score (nSPS) is 16.7. The SMILES string of the molecule is COc1ccccc1CNC(=O)[C@]1(C)Cn2c(cc3ccccc32)C(=O)N1Cc1cccc(OC)c1OC. The van der Waals surface area contributed by atoms with Crippen LogP contribution in [0.15, 0.2) is 72.8 Å². The summed E-state index contributed by atoms with van der Waals surface area (Å²) in [5.74, 6) is 1.29. The van der Waals surface area contributed by atoms with Crippen molar-refractivity contribution in [3.63, 3.8) is 0 Å². The van der Waals surface area contributed by atoms with Gasteiger partial charge in [0.05, 0.1) is 34.4 Å². The monoisotopic (exact) mass is 513 g/mol. The number of para-hydroxylation sites is 3. The Morgan fingerprint density at radius 3 is 2.34 bits per heavy atom. The number of carbonyl (C=O) groups excluding carboxylic acids is 2. The minimum absolute atomic E-state index is 0.166. The van der Waals surface area contributed by atoms with Crippen LogP contribution in [0, 0.1) is 0 Å². The molecule has 3 aromatic carbocycles. The number of hydrogen-bond acceptors (Lipinski definition) is 5. The van der Waals surface area contributed by atoms with Crippen LogP contribution < -0.4 is 19.5 Å². The molecule has 0 aliphatic carbocycles. The van der Waals surface area contributed by atoms with E-state index in [4.69, 9.17) is 14.2 Å². The number of carbonyl (C=O) groups is 2. The van der Waals surface area contributed by atoms with Gasteiger partial charge in [-0.3, -0.25) is 9.59 Å². The van der Waals surface area contributed by atoms with Gasteiger partial charge >= 0.3 is 0 Å². The number of aromatic nitrogens is 1. The molecule has 1 aliphatic rings. The van der Waals surface area contributed by atoms with Gasteiger partial charge in [0.2, 0.25) is 5.91 Å². The van der Waals surface area contributed by atoms with E-state index in [-0.39, 0.29) is 24.9 Å². The van der Waals surface area contributed by atoms with Crippen molar-refractivity contribution in [2.75, 3.05) is 21.3 Å². The van der Waals surface area contributed by atoms with Crippen molar-refractivity contribution in [3.05, 3.63) is 89.6 Å². The van der Waals surface area contributed by atoms with E-state index >= 15 is 0 Å². The number of rotatable bonds is 8. The van der Waals surface area contributed by atoms with Gasteiger partial charge in [-0.05, 0) is 31.2 Å². The third-order valence-electron chi connectivity index (χ3n) is 7.27.